The first-order valence-corrected chi connectivity index (χ1v) is 4.31. The molecular formula is C4H8O6P+. The van der Waals surface area contributed by atoms with Crippen LogP contribution in [-0.4, -0.2) is 31.3 Å². The maximum Gasteiger partial charge on any atom is 0.478 e. The molecule has 0 fully saturated rings. The molecule has 0 unspecified atom stereocenters. The Morgan fingerprint density at radius 2 is 1.55 bits per heavy atom. The fraction of sp³-hybridized carbons (Fsp3) is 0.500. The first-order chi connectivity index (χ1) is 4.84. The number of aliphatic carboxylic acids is 1. The summed E-state index contributed by atoms with van der Waals surface area (Å²) in [5.41, 5.74) is -1.22. The molecule has 11 heavy (non-hydrogen) atoms. The molecule has 0 bridgehead atoms. The molecule has 0 atom stereocenters. The van der Waals surface area contributed by atoms with Crippen molar-refractivity contribution < 1.29 is 29.4 Å². The lowest BCUT2D eigenvalue weighted by molar-refractivity contribution is -0.138. The summed E-state index contributed by atoms with van der Waals surface area (Å²) >= 11 is 0. The molecule has 64 valence electrons. The number of carbonyl (C=O) groups is 2. The van der Waals surface area contributed by atoms with E-state index in [4.69, 9.17) is 19.8 Å². The molecule has 0 aliphatic carbocycles. The van der Waals surface area contributed by atoms with Gasteiger partial charge in [0.2, 0.25) is 0 Å². The molecule has 0 saturated carbocycles. The zero-order valence-corrected chi connectivity index (χ0v) is 6.36. The van der Waals surface area contributed by atoms with Crippen molar-refractivity contribution in [2.75, 3.05) is 0 Å². The van der Waals surface area contributed by atoms with Crippen LogP contribution in [0.4, 0.5) is 0 Å². The predicted octanol–water partition coefficient (Wildman–Crippen LogP) is -0.883. The summed E-state index contributed by atoms with van der Waals surface area (Å²) in [4.78, 5) is 45.1. The highest BCUT2D eigenvalue weighted by molar-refractivity contribution is 7.76. The van der Waals surface area contributed by atoms with E-state index in [-0.39, 0.29) is 0 Å². The molecule has 0 saturated heterocycles. The molecule has 0 radical (unpaired) electrons. The molecule has 4 N–H and O–H groups in total. The van der Waals surface area contributed by atoms with Crippen molar-refractivity contribution in [2.24, 2.45) is 0 Å². The third kappa shape index (κ3) is 4.80. The van der Waals surface area contributed by atoms with Gasteiger partial charge >= 0.3 is 19.4 Å². The van der Waals surface area contributed by atoms with E-state index in [0.29, 0.717) is 0 Å². The highest BCUT2D eigenvalue weighted by Gasteiger charge is 2.41. The van der Waals surface area contributed by atoms with Gasteiger partial charge in [-0.1, -0.05) is 0 Å². The average Bonchev–Trinajstić information content (AvgIpc) is 1.80. The number of rotatable bonds is 4. The maximum absolute atomic E-state index is 10.4. The first-order valence-electron chi connectivity index (χ1n) is 2.66. The minimum atomic E-state index is -4.47. The minimum absolute atomic E-state index is 0.512. The fourth-order valence-electron chi connectivity index (χ4n) is 0.364. The molecule has 6 nitrogen and oxygen atoms in total. The second kappa shape index (κ2) is 3.73. The number of carboxylic acid groups (broad SMARTS) is 1. The van der Waals surface area contributed by atoms with E-state index < -0.39 is 32.3 Å². The van der Waals surface area contributed by atoms with Gasteiger partial charge in [0.25, 0.3) is 0 Å². The molecule has 0 aromatic heterocycles. The van der Waals surface area contributed by atoms with Crippen LogP contribution >= 0.6 is 7.94 Å². The second-order valence-electron chi connectivity index (χ2n) is 1.86. The lowest BCUT2D eigenvalue weighted by Crippen LogP contribution is -2.07. The van der Waals surface area contributed by atoms with Crippen molar-refractivity contribution in [3.63, 3.8) is 0 Å². The van der Waals surface area contributed by atoms with Crippen molar-refractivity contribution in [1.29, 1.82) is 0 Å². The summed E-state index contributed by atoms with van der Waals surface area (Å²) in [6.07, 6.45) is -1.07. The van der Waals surface area contributed by atoms with Crippen LogP contribution in [0.3, 0.4) is 0 Å². The number of hydrogen-bond donors (Lipinski definition) is 4. The van der Waals surface area contributed by atoms with Gasteiger partial charge in [-0.25, -0.2) is 4.79 Å². The SMILES string of the molecule is O=C(O)CCC(=O)[P+](O)(O)O. The second-order valence-corrected chi connectivity index (χ2v) is 3.49. The molecule has 0 amide bonds. The van der Waals surface area contributed by atoms with Crippen molar-refractivity contribution in [2.45, 2.75) is 12.8 Å². The van der Waals surface area contributed by atoms with Gasteiger partial charge in [0.1, 0.15) is 0 Å². The lowest BCUT2D eigenvalue weighted by atomic mass is 10.3. The highest BCUT2D eigenvalue weighted by atomic mass is 31.2. The van der Waals surface area contributed by atoms with Crippen molar-refractivity contribution in [3.8, 4) is 0 Å². The van der Waals surface area contributed by atoms with Crippen molar-refractivity contribution >= 4 is 19.4 Å². The molecule has 0 heterocycles. The Morgan fingerprint density at radius 1 is 1.09 bits per heavy atom. The zero-order valence-electron chi connectivity index (χ0n) is 5.47. The Morgan fingerprint density at radius 3 is 1.82 bits per heavy atom. The van der Waals surface area contributed by atoms with E-state index in [1.54, 1.807) is 0 Å². The number of carboxylic acids is 1. The monoisotopic (exact) mass is 183 g/mol. The zero-order chi connectivity index (χ0) is 9.07. The van der Waals surface area contributed by atoms with Crippen LogP contribution in [0.15, 0.2) is 0 Å². The summed E-state index contributed by atoms with van der Waals surface area (Å²) in [6, 6.07) is 0. The van der Waals surface area contributed by atoms with E-state index in [2.05, 4.69) is 0 Å². The Bertz CT molecular complexity index is 170. The van der Waals surface area contributed by atoms with Gasteiger partial charge in [-0.2, -0.15) is 14.7 Å². The van der Waals surface area contributed by atoms with Gasteiger partial charge in [-0.3, -0.25) is 4.79 Å². The summed E-state index contributed by atoms with van der Waals surface area (Å²) in [6.45, 7) is 0. The molecule has 0 aromatic carbocycles. The maximum atomic E-state index is 10.4. The van der Waals surface area contributed by atoms with Gasteiger partial charge in [0.15, 0.2) is 0 Å². The Hall–Kier alpha value is -0.550. The fourth-order valence-corrected chi connectivity index (χ4v) is 0.776. The molecule has 0 spiro atoms. The van der Waals surface area contributed by atoms with Crippen LogP contribution in [0.2, 0.25) is 0 Å². The highest BCUT2D eigenvalue weighted by Crippen LogP contribution is 2.46. The largest absolute Gasteiger partial charge is 0.481 e. The Balaban J connectivity index is 3.80. The average molecular weight is 183 g/mol. The number of hydrogen-bond acceptors (Lipinski definition) is 5. The lowest BCUT2D eigenvalue weighted by Gasteiger charge is -1.98. The molecular weight excluding hydrogens is 175 g/mol. The molecule has 0 aliphatic rings. The predicted molar refractivity (Wildman–Crippen MR) is 35.5 cm³/mol. The van der Waals surface area contributed by atoms with E-state index in [9.17, 15) is 9.59 Å². The van der Waals surface area contributed by atoms with Gasteiger partial charge < -0.3 is 5.11 Å². The molecule has 0 rings (SSSR count). The summed E-state index contributed by atoms with van der Waals surface area (Å²) < 4.78 is 0. The van der Waals surface area contributed by atoms with Crippen molar-refractivity contribution in [1.82, 2.24) is 0 Å². The summed E-state index contributed by atoms with van der Waals surface area (Å²) in [5, 5.41) is 8.04. The summed E-state index contributed by atoms with van der Waals surface area (Å²) in [5.74, 6) is -1.23. The quantitative estimate of drug-likeness (QED) is 0.420. The van der Waals surface area contributed by atoms with E-state index >= 15 is 0 Å². The van der Waals surface area contributed by atoms with Crippen LogP contribution in [-0.2, 0) is 9.59 Å². The molecule has 0 aliphatic heterocycles. The molecule has 0 aromatic rings. The van der Waals surface area contributed by atoms with Crippen LogP contribution in [0.5, 0.6) is 0 Å². The van der Waals surface area contributed by atoms with Crippen LogP contribution < -0.4 is 0 Å². The van der Waals surface area contributed by atoms with E-state index in [1.807, 2.05) is 0 Å². The first kappa shape index (κ1) is 10.4. The van der Waals surface area contributed by atoms with E-state index in [0.717, 1.165) is 0 Å². The third-order valence-corrected chi connectivity index (χ3v) is 1.78. The topological polar surface area (TPSA) is 115 Å². The van der Waals surface area contributed by atoms with Gasteiger partial charge in [-0.15, -0.1) is 0 Å². The minimum Gasteiger partial charge on any atom is -0.481 e. The summed E-state index contributed by atoms with van der Waals surface area (Å²) in [7, 11) is -4.47. The van der Waals surface area contributed by atoms with Gasteiger partial charge in [-0.05, 0) is 0 Å². The van der Waals surface area contributed by atoms with Crippen LogP contribution in [0.25, 0.3) is 0 Å². The van der Waals surface area contributed by atoms with E-state index in [1.165, 1.54) is 0 Å². The van der Waals surface area contributed by atoms with Crippen LogP contribution in [0.1, 0.15) is 12.8 Å². The van der Waals surface area contributed by atoms with Gasteiger partial charge in [0, 0.05) is 0 Å². The number of carbonyl (C=O) groups excluding carboxylic acids is 1. The smallest absolute Gasteiger partial charge is 0.478 e. The third-order valence-electron chi connectivity index (χ3n) is 0.887. The van der Waals surface area contributed by atoms with Gasteiger partial charge in [0.05, 0.1) is 12.8 Å². The molecule has 7 heteroatoms. The van der Waals surface area contributed by atoms with Crippen molar-refractivity contribution in [3.05, 3.63) is 0 Å². The van der Waals surface area contributed by atoms with Crippen LogP contribution in [0, 0.1) is 0 Å². The standard InChI is InChI=1S/C4H7O6P/c5-3(6)1-2-4(7)11(8,9)10/h8-10H,1-2H2/p+1. The normalized spacial score (nSPS) is 11.2. The Kier molecular flexibility index (Phi) is 3.54. The Labute approximate surface area is 62.7 Å².